The fraction of sp³-hybridized carbons (Fsp3) is 0.409. The Morgan fingerprint density at radius 1 is 1.17 bits per heavy atom. The first kappa shape index (κ1) is 22.3. The molecule has 1 fully saturated rings. The van der Waals surface area contributed by atoms with Crippen LogP contribution in [0.25, 0.3) is 0 Å². The lowest BCUT2D eigenvalue weighted by atomic mass is 10.2. The fourth-order valence-electron chi connectivity index (χ4n) is 3.29. The summed E-state index contributed by atoms with van der Waals surface area (Å²) in [4.78, 5) is 12.6. The Bertz CT molecular complexity index is 910. The molecule has 0 aliphatic carbocycles. The van der Waals surface area contributed by atoms with Gasteiger partial charge in [0.25, 0.3) is 0 Å². The molecule has 0 unspecified atom stereocenters. The summed E-state index contributed by atoms with van der Waals surface area (Å²) in [7, 11) is -3.88. The van der Waals surface area contributed by atoms with Gasteiger partial charge in [0, 0.05) is 19.7 Å². The molecule has 1 atom stereocenters. The van der Waals surface area contributed by atoms with E-state index in [0.717, 1.165) is 18.4 Å². The molecule has 0 bridgehead atoms. The van der Waals surface area contributed by atoms with Crippen molar-refractivity contribution in [3.63, 3.8) is 0 Å². The minimum Gasteiger partial charge on any atom is -0.494 e. The molecule has 1 heterocycles. The van der Waals surface area contributed by atoms with E-state index in [-0.39, 0.29) is 30.0 Å². The van der Waals surface area contributed by atoms with Crippen molar-refractivity contribution in [2.75, 3.05) is 26.3 Å². The normalized spacial score (nSPS) is 16.5. The summed E-state index contributed by atoms with van der Waals surface area (Å²) >= 11 is 0. The molecular formula is C22H28N2O5S. The topological polar surface area (TPSA) is 84.9 Å². The molecule has 1 aliphatic rings. The number of sulfonamides is 1. The average molecular weight is 433 g/mol. The zero-order chi connectivity index (χ0) is 21.4. The van der Waals surface area contributed by atoms with Gasteiger partial charge in [-0.1, -0.05) is 30.3 Å². The zero-order valence-corrected chi connectivity index (χ0v) is 17.9. The molecule has 0 radical (unpaired) electrons. The van der Waals surface area contributed by atoms with Crippen molar-refractivity contribution in [2.45, 2.75) is 37.3 Å². The van der Waals surface area contributed by atoms with Crippen LogP contribution >= 0.6 is 0 Å². The minimum absolute atomic E-state index is 0.000703. The van der Waals surface area contributed by atoms with Gasteiger partial charge in [-0.15, -0.1) is 0 Å². The Morgan fingerprint density at radius 3 is 2.53 bits per heavy atom. The molecule has 0 saturated carbocycles. The summed E-state index contributed by atoms with van der Waals surface area (Å²) in [6, 6.07) is 15.5. The van der Waals surface area contributed by atoms with Crippen LogP contribution in [0.4, 0.5) is 0 Å². The lowest BCUT2D eigenvalue weighted by Gasteiger charge is -2.22. The molecule has 8 heteroatoms. The van der Waals surface area contributed by atoms with Crippen molar-refractivity contribution >= 4 is 15.9 Å². The molecule has 2 aromatic rings. The number of hydrogen-bond acceptors (Lipinski definition) is 5. The highest BCUT2D eigenvalue weighted by molar-refractivity contribution is 7.89. The van der Waals surface area contributed by atoms with Crippen molar-refractivity contribution < 1.29 is 22.7 Å². The molecule has 7 nitrogen and oxygen atoms in total. The quantitative estimate of drug-likeness (QED) is 0.624. The van der Waals surface area contributed by atoms with E-state index in [9.17, 15) is 13.2 Å². The van der Waals surface area contributed by atoms with Crippen LogP contribution in [0.2, 0.25) is 0 Å². The third-order valence-electron chi connectivity index (χ3n) is 4.85. The lowest BCUT2D eigenvalue weighted by molar-refractivity contribution is -0.121. The van der Waals surface area contributed by atoms with E-state index in [1.54, 1.807) is 12.1 Å². The van der Waals surface area contributed by atoms with E-state index in [2.05, 4.69) is 5.32 Å². The Labute approximate surface area is 178 Å². The van der Waals surface area contributed by atoms with Crippen molar-refractivity contribution in [1.82, 2.24) is 9.62 Å². The van der Waals surface area contributed by atoms with Crippen LogP contribution in [0.3, 0.4) is 0 Å². The molecule has 0 aromatic heterocycles. The maximum absolute atomic E-state index is 13.3. The molecule has 2 aromatic carbocycles. The van der Waals surface area contributed by atoms with Crippen LogP contribution in [0, 0.1) is 0 Å². The fourth-order valence-corrected chi connectivity index (χ4v) is 4.67. The van der Waals surface area contributed by atoms with Gasteiger partial charge in [0.1, 0.15) is 5.75 Å². The predicted molar refractivity (Wildman–Crippen MR) is 114 cm³/mol. The molecule has 1 amide bonds. The van der Waals surface area contributed by atoms with Gasteiger partial charge in [-0.2, -0.15) is 4.31 Å². The van der Waals surface area contributed by atoms with Crippen molar-refractivity contribution in [3.05, 3.63) is 60.2 Å². The van der Waals surface area contributed by atoms with Gasteiger partial charge in [0.2, 0.25) is 15.9 Å². The molecule has 1 aliphatic heterocycles. The molecular weight excluding hydrogens is 404 g/mol. The van der Waals surface area contributed by atoms with Gasteiger partial charge in [0.05, 0.1) is 24.2 Å². The first-order valence-electron chi connectivity index (χ1n) is 10.1. The Kier molecular flexibility index (Phi) is 7.84. The average Bonchev–Trinajstić information content (AvgIpc) is 3.27. The SMILES string of the molecule is CCOc1ccc(S(=O)(=O)N(CC(=O)NC[C@H]2CCCO2)Cc2ccccc2)cc1. The third-order valence-corrected chi connectivity index (χ3v) is 6.65. The molecule has 162 valence electrons. The molecule has 1 saturated heterocycles. The van der Waals surface area contributed by atoms with Gasteiger partial charge in [-0.3, -0.25) is 4.79 Å². The predicted octanol–water partition coefficient (Wildman–Crippen LogP) is 2.57. The van der Waals surface area contributed by atoms with E-state index in [0.29, 0.717) is 25.5 Å². The van der Waals surface area contributed by atoms with Crippen LogP contribution in [0.1, 0.15) is 25.3 Å². The highest BCUT2D eigenvalue weighted by atomic mass is 32.2. The summed E-state index contributed by atoms with van der Waals surface area (Å²) in [5, 5.41) is 2.80. The third kappa shape index (κ3) is 6.04. The van der Waals surface area contributed by atoms with Gasteiger partial charge in [-0.05, 0) is 49.6 Å². The van der Waals surface area contributed by atoms with Crippen LogP contribution in [-0.4, -0.2) is 51.0 Å². The summed E-state index contributed by atoms with van der Waals surface area (Å²) < 4.78 is 38.7. The summed E-state index contributed by atoms with van der Waals surface area (Å²) in [6.07, 6.45) is 1.88. The zero-order valence-electron chi connectivity index (χ0n) is 17.1. The summed E-state index contributed by atoms with van der Waals surface area (Å²) in [6.45, 7) is 3.29. The number of nitrogens with one attached hydrogen (secondary N) is 1. The number of carbonyl (C=O) groups excluding carboxylic acids is 1. The first-order valence-corrected chi connectivity index (χ1v) is 11.6. The Morgan fingerprint density at radius 2 is 1.90 bits per heavy atom. The number of nitrogens with zero attached hydrogens (tertiary/aromatic N) is 1. The molecule has 3 rings (SSSR count). The van der Waals surface area contributed by atoms with E-state index < -0.39 is 10.0 Å². The summed E-state index contributed by atoms with van der Waals surface area (Å²) in [5.41, 5.74) is 0.805. The molecule has 1 N–H and O–H groups in total. The van der Waals surface area contributed by atoms with Gasteiger partial charge in [0.15, 0.2) is 0 Å². The molecule has 30 heavy (non-hydrogen) atoms. The van der Waals surface area contributed by atoms with Gasteiger partial charge < -0.3 is 14.8 Å². The smallest absolute Gasteiger partial charge is 0.243 e. The van der Waals surface area contributed by atoms with E-state index in [1.165, 1.54) is 16.4 Å². The van der Waals surface area contributed by atoms with Gasteiger partial charge in [-0.25, -0.2) is 8.42 Å². The van der Waals surface area contributed by atoms with Gasteiger partial charge >= 0.3 is 0 Å². The Hall–Kier alpha value is -2.42. The van der Waals surface area contributed by atoms with Crippen LogP contribution in [0.15, 0.2) is 59.5 Å². The van der Waals surface area contributed by atoms with E-state index in [1.807, 2.05) is 37.3 Å². The number of rotatable bonds is 10. The van der Waals surface area contributed by atoms with E-state index in [4.69, 9.17) is 9.47 Å². The second-order valence-electron chi connectivity index (χ2n) is 7.10. The monoisotopic (exact) mass is 432 g/mol. The number of benzene rings is 2. The number of amides is 1. The number of hydrogen-bond donors (Lipinski definition) is 1. The minimum atomic E-state index is -3.88. The first-order chi connectivity index (χ1) is 14.5. The standard InChI is InChI=1S/C22H28N2O5S/c1-2-28-19-10-12-21(13-11-19)30(26,27)24(16-18-7-4-3-5-8-18)17-22(25)23-15-20-9-6-14-29-20/h3-5,7-8,10-13,20H,2,6,9,14-17H2,1H3,(H,23,25)/t20-/m1/s1. The summed E-state index contributed by atoms with van der Waals surface area (Å²) in [5.74, 6) is 0.247. The second kappa shape index (κ2) is 10.6. The maximum Gasteiger partial charge on any atom is 0.243 e. The van der Waals surface area contributed by atoms with Crippen LogP contribution in [-0.2, 0) is 26.1 Å². The largest absolute Gasteiger partial charge is 0.494 e. The van der Waals surface area contributed by atoms with E-state index >= 15 is 0 Å². The highest BCUT2D eigenvalue weighted by Gasteiger charge is 2.27. The van der Waals surface area contributed by atoms with Crippen molar-refractivity contribution in [2.24, 2.45) is 0 Å². The van der Waals surface area contributed by atoms with Crippen molar-refractivity contribution in [1.29, 1.82) is 0 Å². The molecule has 0 spiro atoms. The Balaban J connectivity index is 1.75. The highest BCUT2D eigenvalue weighted by Crippen LogP contribution is 2.21. The maximum atomic E-state index is 13.3. The van der Waals surface area contributed by atoms with Crippen molar-refractivity contribution in [3.8, 4) is 5.75 Å². The lowest BCUT2D eigenvalue weighted by Crippen LogP contribution is -2.42. The second-order valence-corrected chi connectivity index (χ2v) is 9.04. The van der Waals surface area contributed by atoms with Crippen LogP contribution in [0.5, 0.6) is 5.75 Å². The number of ether oxygens (including phenoxy) is 2. The van der Waals surface area contributed by atoms with Crippen LogP contribution < -0.4 is 10.1 Å². The number of carbonyl (C=O) groups is 1.